The van der Waals surface area contributed by atoms with E-state index in [4.69, 9.17) is 4.74 Å². The molecule has 1 atom stereocenters. The van der Waals surface area contributed by atoms with E-state index < -0.39 is 0 Å². The Bertz CT molecular complexity index is 429. The Hall–Kier alpha value is -0.990. The second kappa shape index (κ2) is 7.56. The van der Waals surface area contributed by atoms with Crippen LogP contribution < -0.4 is 4.74 Å². The molecule has 2 nitrogen and oxygen atoms in total. The standard InChI is InChI=1S/C16H23NO.ClH/c1-17(2)12-14-7-4-5-10-16(14)13-8-6-9-15(11-13)18-3;/h6,8-11,14H,4-5,7,12H2,1-3H3;1H. The Morgan fingerprint density at radius 2 is 2.11 bits per heavy atom. The number of hydrogen-bond donors (Lipinski definition) is 0. The summed E-state index contributed by atoms with van der Waals surface area (Å²) in [6.07, 6.45) is 6.22. The lowest BCUT2D eigenvalue weighted by atomic mass is 9.83. The van der Waals surface area contributed by atoms with Gasteiger partial charge in [-0.2, -0.15) is 0 Å². The number of rotatable bonds is 4. The number of methoxy groups -OCH3 is 1. The molecule has 0 radical (unpaired) electrons. The molecule has 0 saturated carbocycles. The number of benzene rings is 1. The minimum atomic E-state index is 0. The predicted molar refractivity (Wildman–Crippen MR) is 84.1 cm³/mol. The molecule has 0 fully saturated rings. The van der Waals surface area contributed by atoms with E-state index in [2.05, 4.69) is 43.3 Å². The van der Waals surface area contributed by atoms with E-state index in [0.717, 1.165) is 12.3 Å². The first kappa shape index (κ1) is 16.1. The normalized spacial score (nSPS) is 18.7. The van der Waals surface area contributed by atoms with Crippen molar-refractivity contribution in [2.45, 2.75) is 19.3 Å². The molecule has 2 rings (SSSR count). The molecule has 1 unspecified atom stereocenters. The molecule has 0 amide bonds. The summed E-state index contributed by atoms with van der Waals surface area (Å²) in [6, 6.07) is 8.44. The molecule has 0 bridgehead atoms. The van der Waals surface area contributed by atoms with Crippen LogP contribution in [0.25, 0.3) is 5.57 Å². The Balaban J connectivity index is 0.00000180. The van der Waals surface area contributed by atoms with Crippen LogP contribution in [0.1, 0.15) is 24.8 Å². The molecule has 0 N–H and O–H groups in total. The fourth-order valence-corrected chi connectivity index (χ4v) is 2.73. The molecule has 0 aromatic heterocycles. The molecule has 1 aromatic rings. The quantitative estimate of drug-likeness (QED) is 0.831. The fourth-order valence-electron chi connectivity index (χ4n) is 2.73. The maximum absolute atomic E-state index is 5.32. The first-order valence-corrected chi connectivity index (χ1v) is 6.70. The van der Waals surface area contributed by atoms with Gasteiger partial charge in [0, 0.05) is 6.54 Å². The van der Waals surface area contributed by atoms with E-state index in [1.165, 1.54) is 30.4 Å². The summed E-state index contributed by atoms with van der Waals surface area (Å²) in [5.74, 6) is 1.60. The Kier molecular flexibility index (Phi) is 6.40. The van der Waals surface area contributed by atoms with Crippen molar-refractivity contribution >= 4 is 18.0 Å². The average molecular weight is 282 g/mol. The minimum Gasteiger partial charge on any atom is -0.497 e. The van der Waals surface area contributed by atoms with Crippen molar-refractivity contribution in [2.24, 2.45) is 5.92 Å². The van der Waals surface area contributed by atoms with Gasteiger partial charge in [0.1, 0.15) is 5.75 Å². The number of ether oxygens (including phenoxy) is 1. The third kappa shape index (κ3) is 4.26. The molecule has 1 aromatic carbocycles. The van der Waals surface area contributed by atoms with Gasteiger partial charge in [-0.15, -0.1) is 12.4 Å². The van der Waals surface area contributed by atoms with Crippen LogP contribution in [0.4, 0.5) is 0 Å². The number of halogens is 1. The van der Waals surface area contributed by atoms with Gasteiger partial charge in [0.05, 0.1) is 7.11 Å². The number of allylic oxidation sites excluding steroid dienone is 1. The largest absolute Gasteiger partial charge is 0.497 e. The third-order valence-corrected chi connectivity index (χ3v) is 3.55. The van der Waals surface area contributed by atoms with Gasteiger partial charge in [-0.1, -0.05) is 18.2 Å². The molecule has 3 heteroatoms. The molecule has 0 heterocycles. The van der Waals surface area contributed by atoms with Crippen LogP contribution in [0, 0.1) is 5.92 Å². The van der Waals surface area contributed by atoms with E-state index in [-0.39, 0.29) is 12.4 Å². The zero-order valence-electron chi connectivity index (χ0n) is 12.1. The van der Waals surface area contributed by atoms with Crippen LogP contribution in [0.2, 0.25) is 0 Å². The van der Waals surface area contributed by atoms with E-state index >= 15 is 0 Å². The minimum absolute atomic E-state index is 0. The highest BCUT2D eigenvalue weighted by molar-refractivity contribution is 5.85. The average Bonchev–Trinajstić information content (AvgIpc) is 2.39. The molecule has 0 aliphatic heterocycles. The van der Waals surface area contributed by atoms with Gasteiger partial charge in [-0.3, -0.25) is 0 Å². The Labute approximate surface area is 122 Å². The fraction of sp³-hybridized carbons (Fsp3) is 0.500. The van der Waals surface area contributed by atoms with Gasteiger partial charge in [0.25, 0.3) is 0 Å². The molecule has 1 aliphatic rings. The highest BCUT2D eigenvalue weighted by Crippen LogP contribution is 2.34. The Morgan fingerprint density at radius 3 is 2.79 bits per heavy atom. The first-order chi connectivity index (χ1) is 8.70. The third-order valence-electron chi connectivity index (χ3n) is 3.55. The van der Waals surface area contributed by atoms with Gasteiger partial charge >= 0.3 is 0 Å². The van der Waals surface area contributed by atoms with Crippen molar-refractivity contribution < 1.29 is 4.74 Å². The van der Waals surface area contributed by atoms with Gasteiger partial charge in [0.2, 0.25) is 0 Å². The van der Waals surface area contributed by atoms with E-state index in [1.54, 1.807) is 7.11 Å². The smallest absolute Gasteiger partial charge is 0.119 e. The molecule has 1 aliphatic carbocycles. The van der Waals surface area contributed by atoms with E-state index in [9.17, 15) is 0 Å². The summed E-state index contributed by atoms with van der Waals surface area (Å²) < 4.78 is 5.32. The van der Waals surface area contributed by atoms with Crippen molar-refractivity contribution in [1.29, 1.82) is 0 Å². The summed E-state index contributed by atoms with van der Waals surface area (Å²) in [6.45, 7) is 1.13. The maximum Gasteiger partial charge on any atom is 0.119 e. The summed E-state index contributed by atoms with van der Waals surface area (Å²) in [5, 5.41) is 0. The lowest BCUT2D eigenvalue weighted by Gasteiger charge is -2.27. The van der Waals surface area contributed by atoms with Crippen molar-refractivity contribution in [3.8, 4) is 5.75 Å². The van der Waals surface area contributed by atoms with Crippen molar-refractivity contribution in [1.82, 2.24) is 4.90 Å². The van der Waals surface area contributed by atoms with Crippen LogP contribution >= 0.6 is 12.4 Å². The SMILES string of the molecule is COc1cccc(C2=CCCCC2CN(C)C)c1.Cl. The summed E-state index contributed by atoms with van der Waals surface area (Å²) in [7, 11) is 6.03. The van der Waals surface area contributed by atoms with E-state index in [0.29, 0.717) is 5.92 Å². The summed E-state index contributed by atoms with van der Waals surface area (Å²) >= 11 is 0. The number of nitrogens with zero attached hydrogens (tertiary/aromatic N) is 1. The second-order valence-corrected chi connectivity index (χ2v) is 5.28. The topological polar surface area (TPSA) is 12.5 Å². The van der Waals surface area contributed by atoms with Gasteiger partial charge < -0.3 is 9.64 Å². The van der Waals surface area contributed by atoms with Gasteiger partial charge in [-0.05, 0) is 62.5 Å². The molecule has 106 valence electrons. The summed E-state index contributed by atoms with van der Waals surface area (Å²) in [4.78, 5) is 2.28. The predicted octanol–water partition coefficient (Wildman–Crippen LogP) is 3.86. The lowest BCUT2D eigenvalue weighted by molar-refractivity contribution is 0.346. The zero-order valence-corrected chi connectivity index (χ0v) is 12.9. The van der Waals surface area contributed by atoms with Crippen molar-refractivity contribution in [2.75, 3.05) is 27.7 Å². The molecular weight excluding hydrogens is 258 g/mol. The second-order valence-electron chi connectivity index (χ2n) is 5.28. The first-order valence-electron chi connectivity index (χ1n) is 6.70. The van der Waals surface area contributed by atoms with Crippen LogP contribution in [0.3, 0.4) is 0 Å². The van der Waals surface area contributed by atoms with Gasteiger partial charge in [-0.25, -0.2) is 0 Å². The van der Waals surface area contributed by atoms with Crippen molar-refractivity contribution in [3.63, 3.8) is 0 Å². The Morgan fingerprint density at radius 1 is 1.32 bits per heavy atom. The summed E-state index contributed by atoms with van der Waals surface area (Å²) in [5.41, 5.74) is 2.81. The van der Waals surface area contributed by atoms with Crippen molar-refractivity contribution in [3.05, 3.63) is 35.9 Å². The van der Waals surface area contributed by atoms with Crippen LogP contribution in [0.15, 0.2) is 30.3 Å². The number of hydrogen-bond acceptors (Lipinski definition) is 2. The molecule has 0 saturated heterocycles. The highest BCUT2D eigenvalue weighted by Gasteiger charge is 2.19. The highest BCUT2D eigenvalue weighted by atomic mass is 35.5. The lowest BCUT2D eigenvalue weighted by Crippen LogP contribution is -2.24. The molecule has 0 spiro atoms. The monoisotopic (exact) mass is 281 g/mol. The van der Waals surface area contributed by atoms with Gasteiger partial charge in [0.15, 0.2) is 0 Å². The zero-order chi connectivity index (χ0) is 13.0. The van der Waals surface area contributed by atoms with Crippen LogP contribution in [-0.2, 0) is 0 Å². The van der Waals surface area contributed by atoms with Crippen LogP contribution in [0.5, 0.6) is 5.75 Å². The van der Waals surface area contributed by atoms with E-state index in [1.807, 2.05) is 6.07 Å². The maximum atomic E-state index is 5.32. The van der Waals surface area contributed by atoms with Crippen LogP contribution in [-0.4, -0.2) is 32.6 Å². The molecule has 19 heavy (non-hydrogen) atoms. The molecular formula is C16H24ClNO.